The average molecular weight is 298 g/mol. The summed E-state index contributed by atoms with van der Waals surface area (Å²) in [4.78, 5) is 23.9. The van der Waals surface area contributed by atoms with Gasteiger partial charge in [-0.05, 0) is 12.1 Å². The Hall–Kier alpha value is -1.63. The second kappa shape index (κ2) is 5.78. The van der Waals surface area contributed by atoms with Gasteiger partial charge in [-0.2, -0.15) is 16.2 Å². The van der Waals surface area contributed by atoms with E-state index in [1.54, 1.807) is 16.7 Å². The topological polar surface area (TPSA) is 63.5 Å². The summed E-state index contributed by atoms with van der Waals surface area (Å²) in [5, 5.41) is 11.3. The highest BCUT2D eigenvalue weighted by Crippen LogP contribution is 2.26. The molecule has 1 amide bonds. The van der Waals surface area contributed by atoms with E-state index in [1.807, 2.05) is 13.8 Å². The zero-order valence-electron chi connectivity index (χ0n) is 11.2. The Labute approximate surface area is 120 Å². The monoisotopic (exact) mass is 298 g/mol. The highest BCUT2D eigenvalue weighted by atomic mass is 32.2. The first-order valence-corrected chi connectivity index (χ1v) is 7.21. The molecule has 1 aromatic carbocycles. The maximum atomic E-state index is 13.3. The Balaban J connectivity index is 2.25. The number of rotatable bonds is 2. The van der Waals surface area contributed by atoms with Crippen molar-refractivity contribution in [2.75, 3.05) is 13.1 Å². The van der Waals surface area contributed by atoms with Crippen molar-refractivity contribution in [3.63, 3.8) is 0 Å². The molecule has 20 heavy (non-hydrogen) atoms. The van der Waals surface area contributed by atoms with E-state index in [0.717, 1.165) is 12.1 Å². The highest BCUT2D eigenvalue weighted by Gasteiger charge is 2.28. The normalized spacial score (nSPS) is 22.6. The van der Waals surface area contributed by atoms with Gasteiger partial charge in [0.15, 0.2) is 0 Å². The number of amides is 1. The number of hydrogen-bond donors (Lipinski definition) is 0. The van der Waals surface area contributed by atoms with Crippen LogP contribution in [0.3, 0.4) is 0 Å². The van der Waals surface area contributed by atoms with Gasteiger partial charge in [-0.1, -0.05) is 13.8 Å². The lowest BCUT2D eigenvalue weighted by Crippen LogP contribution is -2.44. The summed E-state index contributed by atoms with van der Waals surface area (Å²) in [5.74, 6) is -1.21. The fourth-order valence-corrected chi connectivity index (χ4v) is 3.64. The van der Waals surface area contributed by atoms with E-state index in [0.29, 0.717) is 23.6 Å². The lowest BCUT2D eigenvalue weighted by atomic mass is 10.1. The van der Waals surface area contributed by atoms with Crippen molar-refractivity contribution < 1.29 is 14.1 Å². The quantitative estimate of drug-likeness (QED) is 0.622. The minimum absolute atomic E-state index is 0.157. The van der Waals surface area contributed by atoms with Gasteiger partial charge >= 0.3 is 5.69 Å². The van der Waals surface area contributed by atoms with Crippen molar-refractivity contribution in [3.05, 3.63) is 39.7 Å². The summed E-state index contributed by atoms with van der Waals surface area (Å²) in [6, 6.07) is 3.27. The molecular formula is C13H15FN2O3S. The molecule has 0 spiro atoms. The van der Waals surface area contributed by atoms with Crippen molar-refractivity contribution in [2.45, 2.75) is 24.3 Å². The molecule has 7 heteroatoms. The Kier molecular flexibility index (Phi) is 4.27. The maximum Gasteiger partial charge on any atom is 0.305 e. The second-order valence-electron chi connectivity index (χ2n) is 4.89. The van der Waals surface area contributed by atoms with Gasteiger partial charge in [-0.3, -0.25) is 14.9 Å². The fraction of sp³-hybridized carbons (Fsp3) is 0.462. The largest absolute Gasteiger partial charge is 0.336 e. The Morgan fingerprint density at radius 2 is 2.00 bits per heavy atom. The van der Waals surface area contributed by atoms with Crippen molar-refractivity contribution in [3.8, 4) is 0 Å². The smallest absolute Gasteiger partial charge is 0.305 e. The third-order valence-corrected chi connectivity index (χ3v) is 4.32. The summed E-state index contributed by atoms with van der Waals surface area (Å²) >= 11 is 1.81. The van der Waals surface area contributed by atoms with Gasteiger partial charge in [0, 0.05) is 35.2 Å². The minimum Gasteiger partial charge on any atom is -0.336 e. The molecule has 2 unspecified atom stereocenters. The Morgan fingerprint density at radius 1 is 1.40 bits per heavy atom. The van der Waals surface area contributed by atoms with Gasteiger partial charge in [0.1, 0.15) is 0 Å². The molecule has 5 nitrogen and oxygen atoms in total. The number of hydrogen-bond acceptors (Lipinski definition) is 4. The summed E-state index contributed by atoms with van der Waals surface area (Å²) in [7, 11) is 0. The fourth-order valence-electron chi connectivity index (χ4n) is 2.31. The molecular weight excluding hydrogens is 283 g/mol. The molecule has 2 atom stereocenters. The van der Waals surface area contributed by atoms with E-state index in [4.69, 9.17) is 0 Å². The van der Waals surface area contributed by atoms with Crippen molar-refractivity contribution in [2.24, 2.45) is 0 Å². The third-order valence-electron chi connectivity index (χ3n) is 3.10. The molecule has 1 saturated heterocycles. The Morgan fingerprint density at radius 3 is 2.55 bits per heavy atom. The average Bonchev–Trinajstić information content (AvgIpc) is 2.37. The van der Waals surface area contributed by atoms with Gasteiger partial charge in [0.2, 0.25) is 5.82 Å². The number of carbonyl (C=O) groups is 1. The van der Waals surface area contributed by atoms with E-state index in [2.05, 4.69) is 0 Å². The predicted molar refractivity (Wildman–Crippen MR) is 75.5 cm³/mol. The standard InChI is InChI=1S/C13H15FN2O3S/c1-8-6-15(7-9(2)20-8)13(17)10-3-4-11(14)12(5-10)16(18)19/h3-5,8-9H,6-7H2,1-2H3. The molecule has 0 radical (unpaired) electrons. The molecule has 0 bridgehead atoms. The van der Waals surface area contributed by atoms with Gasteiger partial charge in [-0.25, -0.2) is 0 Å². The van der Waals surface area contributed by atoms with Crippen molar-refractivity contribution in [1.82, 2.24) is 4.90 Å². The van der Waals surface area contributed by atoms with Crippen molar-refractivity contribution in [1.29, 1.82) is 0 Å². The second-order valence-corrected chi connectivity index (χ2v) is 6.77. The van der Waals surface area contributed by atoms with Crippen LogP contribution in [0.2, 0.25) is 0 Å². The first-order valence-electron chi connectivity index (χ1n) is 6.27. The maximum absolute atomic E-state index is 13.3. The first-order chi connectivity index (χ1) is 9.38. The molecule has 0 aliphatic carbocycles. The number of benzene rings is 1. The molecule has 2 rings (SSSR count). The highest BCUT2D eigenvalue weighted by molar-refractivity contribution is 8.00. The van der Waals surface area contributed by atoms with Crippen LogP contribution < -0.4 is 0 Å². The van der Waals surface area contributed by atoms with Crippen LogP contribution >= 0.6 is 11.8 Å². The molecule has 0 aromatic heterocycles. The zero-order valence-corrected chi connectivity index (χ0v) is 12.0. The molecule has 108 valence electrons. The Bertz CT molecular complexity index is 542. The van der Waals surface area contributed by atoms with Crippen LogP contribution in [-0.2, 0) is 0 Å². The molecule has 1 fully saturated rings. The van der Waals surface area contributed by atoms with E-state index in [-0.39, 0.29) is 11.5 Å². The van der Waals surface area contributed by atoms with E-state index < -0.39 is 16.4 Å². The van der Waals surface area contributed by atoms with Crippen LogP contribution in [0.5, 0.6) is 0 Å². The van der Waals surface area contributed by atoms with Gasteiger partial charge < -0.3 is 4.90 Å². The molecule has 1 heterocycles. The van der Waals surface area contributed by atoms with Crippen LogP contribution in [0, 0.1) is 15.9 Å². The molecule has 1 aromatic rings. The number of carbonyl (C=O) groups excluding carboxylic acids is 1. The van der Waals surface area contributed by atoms with Gasteiger partial charge in [-0.15, -0.1) is 0 Å². The summed E-state index contributed by atoms with van der Waals surface area (Å²) in [6.45, 7) is 5.26. The third kappa shape index (κ3) is 3.09. The SMILES string of the molecule is CC1CN(C(=O)c2ccc(F)c([N+](=O)[O-])c2)CC(C)S1. The van der Waals surface area contributed by atoms with Crippen LogP contribution in [-0.4, -0.2) is 39.3 Å². The lowest BCUT2D eigenvalue weighted by Gasteiger charge is -2.34. The summed E-state index contributed by atoms with van der Waals surface area (Å²) in [6.07, 6.45) is 0. The van der Waals surface area contributed by atoms with Crippen LogP contribution in [0.1, 0.15) is 24.2 Å². The van der Waals surface area contributed by atoms with Gasteiger partial charge in [0.25, 0.3) is 5.91 Å². The molecule has 0 saturated carbocycles. The molecule has 0 N–H and O–H groups in total. The number of halogens is 1. The number of thioether (sulfide) groups is 1. The number of nitrogens with zero attached hydrogens (tertiary/aromatic N) is 2. The van der Waals surface area contributed by atoms with Crippen LogP contribution in [0.15, 0.2) is 18.2 Å². The van der Waals surface area contributed by atoms with E-state index in [9.17, 15) is 19.3 Å². The van der Waals surface area contributed by atoms with Crippen LogP contribution in [0.4, 0.5) is 10.1 Å². The number of nitro benzene ring substituents is 1. The van der Waals surface area contributed by atoms with Gasteiger partial charge in [0.05, 0.1) is 4.92 Å². The molecule has 1 aliphatic heterocycles. The predicted octanol–water partition coefficient (Wildman–Crippen LogP) is 2.70. The van der Waals surface area contributed by atoms with E-state index in [1.165, 1.54) is 6.07 Å². The van der Waals surface area contributed by atoms with Crippen molar-refractivity contribution >= 4 is 23.4 Å². The first kappa shape index (κ1) is 14.8. The summed E-state index contributed by atoms with van der Waals surface area (Å²) < 4.78 is 13.3. The van der Waals surface area contributed by atoms with E-state index >= 15 is 0 Å². The summed E-state index contributed by atoms with van der Waals surface area (Å²) in [5.41, 5.74) is -0.507. The molecule has 1 aliphatic rings. The number of nitro groups is 1. The zero-order chi connectivity index (χ0) is 14.9. The van der Waals surface area contributed by atoms with Crippen LogP contribution in [0.25, 0.3) is 0 Å². The minimum atomic E-state index is -0.928. The lowest BCUT2D eigenvalue weighted by molar-refractivity contribution is -0.387.